The van der Waals surface area contributed by atoms with Gasteiger partial charge in [0.25, 0.3) is 0 Å². The third-order valence-electron chi connectivity index (χ3n) is 4.34. The molecule has 0 aromatic carbocycles. The quantitative estimate of drug-likeness (QED) is 0.585. The van der Waals surface area contributed by atoms with Gasteiger partial charge in [-0.3, -0.25) is 0 Å². The predicted octanol–water partition coefficient (Wildman–Crippen LogP) is 5.58. The highest BCUT2D eigenvalue weighted by atomic mass is 32.2. The number of hydrogen-bond donors (Lipinski definition) is 2. The topological polar surface area (TPSA) is 49.8 Å². The third-order valence-corrected chi connectivity index (χ3v) is 8.07. The van der Waals surface area contributed by atoms with Gasteiger partial charge < -0.3 is 10.6 Å². The molecule has 5 rings (SSSR count). The number of aromatic nitrogens is 2. The number of thioether (sulfide) groups is 2. The summed E-state index contributed by atoms with van der Waals surface area (Å²) < 4.78 is 0. The Morgan fingerprint density at radius 3 is 1.54 bits per heavy atom. The summed E-state index contributed by atoms with van der Waals surface area (Å²) in [6.07, 6.45) is 4.29. The third kappa shape index (κ3) is 2.67. The summed E-state index contributed by atoms with van der Waals surface area (Å²) in [4.78, 5) is 14.8. The highest BCUT2D eigenvalue weighted by molar-refractivity contribution is 8.07. The first-order valence-electron chi connectivity index (χ1n) is 8.18. The average molecular weight is 417 g/mol. The number of aryl methyl sites for hydroxylation is 2. The number of nitrogens with one attached hydrogen (secondary N) is 2. The van der Waals surface area contributed by atoms with Crippen molar-refractivity contribution in [2.45, 2.75) is 27.7 Å². The largest absolute Gasteiger partial charge is 0.347 e. The minimum absolute atomic E-state index is 1.03. The molecule has 2 N–H and O–H groups in total. The summed E-state index contributed by atoms with van der Waals surface area (Å²) in [5.41, 5.74) is 4.34. The second-order valence-electron chi connectivity index (χ2n) is 6.25. The van der Waals surface area contributed by atoms with Crippen LogP contribution in [-0.2, 0) is 0 Å². The number of nitrogens with zero attached hydrogens (tertiary/aromatic N) is 2. The van der Waals surface area contributed by atoms with Crippen LogP contribution in [0.1, 0.15) is 45.0 Å². The van der Waals surface area contributed by atoms with Crippen LogP contribution >= 0.6 is 46.2 Å². The van der Waals surface area contributed by atoms with Crippen molar-refractivity contribution >= 4 is 69.7 Å². The fraction of sp³-hybridized carbons (Fsp3) is 0.222. The van der Waals surface area contributed by atoms with Crippen molar-refractivity contribution < 1.29 is 0 Å². The Bertz CT molecular complexity index is 995. The zero-order chi connectivity index (χ0) is 18.0. The lowest BCUT2D eigenvalue weighted by Crippen LogP contribution is -2.07. The van der Waals surface area contributed by atoms with E-state index >= 15 is 0 Å². The first-order valence-corrected chi connectivity index (χ1v) is 11.4. The monoisotopic (exact) mass is 416 g/mol. The molecule has 0 atom stereocenters. The van der Waals surface area contributed by atoms with Crippen molar-refractivity contribution in [3.63, 3.8) is 0 Å². The van der Waals surface area contributed by atoms with E-state index in [9.17, 15) is 0 Å². The molecule has 0 fully saturated rings. The van der Waals surface area contributed by atoms with Gasteiger partial charge in [0.15, 0.2) is 0 Å². The number of allylic oxidation sites excluding steroid dienone is 2. The smallest absolute Gasteiger partial charge is 0.119 e. The van der Waals surface area contributed by atoms with E-state index in [4.69, 9.17) is 9.97 Å². The molecule has 0 radical (unpaired) electrons. The lowest BCUT2D eigenvalue weighted by molar-refractivity contribution is 1.14. The van der Waals surface area contributed by atoms with E-state index < -0.39 is 0 Å². The van der Waals surface area contributed by atoms with Crippen LogP contribution in [0.25, 0.3) is 23.5 Å². The maximum Gasteiger partial charge on any atom is 0.119 e. The Morgan fingerprint density at radius 2 is 1.12 bits per heavy atom. The molecule has 0 saturated heterocycles. The minimum Gasteiger partial charge on any atom is -0.347 e. The maximum absolute atomic E-state index is 4.90. The van der Waals surface area contributed by atoms with E-state index in [0.29, 0.717) is 0 Å². The van der Waals surface area contributed by atoms with Gasteiger partial charge in [0, 0.05) is 31.7 Å². The van der Waals surface area contributed by atoms with E-state index in [0.717, 1.165) is 42.9 Å². The molecule has 8 heteroatoms. The van der Waals surface area contributed by atoms with Crippen LogP contribution in [0.3, 0.4) is 0 Å². The summed E-state index contributed by atoms with van der Waals surface area (Å²) in [7, 11) is 0. The lowest BCUT2D eigenvalue weighted by atomic mass is 10.2. The first-order chi connectivity index (χ1) is 12.5. The summed E-state index contributed by atoms with van der Waals surface area (Å²) in [5.74, 6) is 0. The van der Waals surface area contributed by atoms with Gasteiger partial charge in [-0.15, -0.1) is 22.7 Å². The van der Waals surface area contributed by atoms with E-state index in [-0.39, 0.29) is 0 Å². The maximum atomic E-state index is 4.90. The summed E-state index contributed by atoms with van der Waals surface area (Å²) >= 11 is 6.98. The predicted molar refractivity (Wildman–Crippen MR) is 116 cm³/mol. The second kappa shape index (κ2) is 6.02. The van der Waals surface area contributed by atoms with Crippen molar-refractivity contribution in [1.29, 1.82) is 0 Å². The van der Waals surface area contributed by atoms with Gasteiger partial charge in [-0.2, -0.15) is 0 Å². The lowest BCUT2D eigenvalue weighted by Gasteiger charge is -2.04. The second-order valence-corrected chi connectivity index (χ2v) is 11.2. The fourth-order valence-corrected chi connectivity index (χ4v) is 6.83. The van der Waals surface area contributed by atoms with Crippen molar-refractivity contribution in [3.8, 4) is 0 Å². The molecule has 2 aromatic rings. The van der Waals surface area contributed by atoms with Crippen LogP contribution in [0.4, 0.5) is 0 Å². The zero-order valence-electron chi connectivity index (χ0n) is 14.7. The Morgan fingerprint density at radius 1 is 0.692 bits per heavy atom. The molecule has 5 heterocycles. The molecule has 2 aromatic heterocycles. The molecule has 132 valence electrons. The van der Waals surface area contributed by atoms with Crippen molar-refractivity contribution in [2.75, 3.05) is 0 Å². The average Bonchev–Trinajstić information content (AvgIpc) is 3.28. The molecule has 0 aliphatic carbocycles. The van der Waals surface area contributed by atoms with E-state index in [2.05, 4.69) is 50.5 Å². The highest BCUT2D eigenvalue weighted by Crippen LogP contribution is 2.43. The van der Waals surface area contributed by atoms with Crippen LogP contribution in [0.5, 0.6) is 0 Å². The molecule has 3 aliphatic rings. The molecule has 0 amide bonds. The van der Waals surface area contributed by atoms with Crippen LogP contribution in [0, 0.1) is 13.8 Å². The number of hydrogen-bond acceptors (Lipinski definition) is 8. The van der Waals surface area contributed by atoms with Crippen LogP contribution in [0.15, 0.2) is 19.9 Å². The van der Waals surface area contributed by atoms with Crippen LogP contribution in [-0.4, -0.2) is 9.97 Å². The molecular formula is C18H16N4S4. The molecule has 0 saturated carbocycles. The highest BCUT2D eigenvalue weighted by Gasteiger charge is 2.26. The summed E-state index contributed by atoms with van der Waals surface area (Å²) in [6, 6.07) is 0. The fourth-order valence-electron chi connectivity index (χ4n) is 3.13. The molecule has 0 unspecified atom stereocenters. The van der Waals surface area contributed by atoms with Crippen molar-refractivity contribution in [3.05, 3.63) is 51.0 Å². The van der Waals surface area contributed by atoms with Crippen LogP contribution < -0.4 is 10.6 Å². The summed E-state index contributed by atoms with van der Waals surface area (Å²) in [5, 5.41) is 11.4. The number of rotatable bonds is 0. The van der Waals surface area contributed by atoms with Gasteiger partial charge in [-0.25, -0.2) is 9.97 Å². The number of thiazole rings is 2. The van der Waals surface area contributed by atoms with Gasteiger partial charge >= 0.3 is 0 Å². The van der Waals surface area contributed by atoms with E-state index in [1.165, 1.54) is 19.6 Å². The van der Waals surface area contributed by atoms with Gasteiger partial charge in [0.1, 0.15) is 21.4 Å². The SMILES string of the molecule is CC1=C2NC(=Cc3nc(c(C)s3)C3=C(C)SC(=Cc4nc2c(C)s4)N3)S1. The van der Waals surface area contributed by atoms with Crippen molar-refractivity contribution in [2.24, 2.45) is 0 Å². The van der Waals surface area contributed by atoms with Gasteiger partial charge in [-0.05, 0) is 27.7 Å². The number of fused-ring (bicyclic) bond motifs is 10. The van der Waals surface area contributed by atoms with Crippen LogP contribution in [0.2, 0.25) is 0 Å². The molecule has 4 nitrogen and oxygen atoms in total. The molecule has 0 spiro atoms. The van der Waals surface area contributed by atoms with Gasteiger partial charge in [-0.1, -0.05) is 23.5 Å². The molecular weight excluding hydrogens is 400 g/mol. The minimum atomic E-state index is 1.03. The first kappa shape index (κ1) is 16.7. The molecule has 26 heavy (non-hydrogen) atoms. The Hall–Kier alpha value is -1.48. The Kier molecular flexibility index (Phi) is 3.86. The van der Waals surface area contributed by atoms with Gasteiger partial charge in [0.05, 0.1) is 21.5 Å². The van der Waals surface area contributed by atoms with Crippen molar-refractivity contribution in [1.82, 2.24) is 20.6 Å². The van der Waals surface area contributed by atoms with Gasteiger partial charge in [0.2, 0.25) is 0 Å². The standard InChI is InChI=1S/C18H16N4S4/c1-7-15-16-8(2)24-13(20-16)6-14-22-18(10(4)26-14)17-9(3)25-12(21-17)5-11(19-15)23-7/h5-6,19,22H,1-4H3. The summed E-state index contributed by atoms with van der Waals surface area (Å²) in [6.45, 7) is 8.58. The Labute approximate surface area is 168 Å². The molecule has 8 bridgehead atoms. The van der Waals surface area contributed by atoms with E-state index in [1.54, 1.807) is 46.2 Å². The zero-order valence-corrected chi connectivity index (χ0v) is 17.9. The normalized spacial score (nSPS) is 18.5. The van der Waals surface area contributed by atoms with E-state index in [1.807, 2.05) is 0 Å². The Balaban J connectivity index is 1.72. The molecule has 3 aliphatic heterocycles.